The summed E-state index contributed by atoms with van der Waals surface area (Å²) in [6, 6.07) is 15.5. The first-order valence-corrected chi connectivity index (χ1v) is 13.0. The predicted octanol–water partition coefficient (Wildman–Crippen LogP) is 3.54. The summed E-state index contributed by atoms with van der Waals surface area (Å²) in [4.78, 5) is 19.3. The Bertz CT molecular complexity index is 1660. The van der Waals surface area contributed by atoms with Crippen molar-refractivity contribution in [2.45, 2.75) is 10.9 Å². The number of nitrogens with one attached hydrogen (secondary N) is 1. The third-order valence-electron chi connectivity index (χ3n) is 6.18. The van der Waals surface area contributed by atoms with Gasteiger partial charge in [-0.1, -0.05) is 24.3 Å². The molecule has 5 rings (SSSR count). The van der Waals surface area contributed by atoms with E-state index in [1.54, 1.807) is 18.2 Å². The molecule has 3 aromatic carbocycles. The van der Waals surface area contributed by atoms with Gasteiger partial charge in [-0.25, -0.2) is 22.2 Å². The number of nitrogens with zero attached hydrogens (tertiary/aromatic N) is 3. The fourth-order valence-electron chi connectivity index (χ4n) is 4.51. The molecule has 0 bridgehead atoms. The summed E-state index contributed by atoms with van der Waals surface area (Å²) in [6.45, 7) is -0.225. The van der Waals surface area contributed by atoms with E-state index >= 15 is 0 Å². The summed E-state index contributed by atoms with van der Waals surface area (Å²) in [5, 5.41) is 12.6. The van der Waals surface area contributed by atoms with Crippen molar-refractivity contribution in [1.82, 2.24) is 9.62 Å². The van der Waals surface area contributed by atoms with Crippen molar-refractivity contribution >= 4 is 22.1 Å². The zero-order chi connectivity index (χ0) is 27.7. The molecule has 2 aliphatic heterocycles. The monoisotopic (exact) mass is 553 g/mol. The minimum absolute atomic E-state index is 0.0610. The number of benzene rings is 3. The van der Waals surface area contributed by atoms with Crippen molar-refractivity contribution in [2.75, 3.05) is 13.1 Å². The lowest BCUT2D eigenvalue weighted by Crippen LogP contribution is -2.46. The normalized spacial score (nSPS) is 18.8. The van der Waals surface area contributed by atoms with Gasteiger partial charge in [0.1, 0.15) is 23.4 Å². The highest BCUT2D eigenvalue weighted by Crippen LogP contribution is 2.38. The molecule has 2 heterocycles. The lowest BCUT2D eigenvalue weighted by molar-refractivity contribution is -0.711. The molecular weight excluding hydrogens is 532 g/mol. The van der Waals surface area contributed by atoms with Crippen LogP contribution in [0.3, 0.4) is 0 Å². The molecule has 3 N–H and O–H groups in total. The van der Waals surface area contributed by atoms with Crippen LogP contribution in [0.4, 0.5) is 8.78 Å². The summed E-state index contributed by atoms with van der Waals surface area (Å²) in [7, 11) is -4.14. The van der Waals surface area contributed by atoms with Gasteiger partial charge < -0.3 is 11.1 Å². The van der Waals surface area contributed by atoms with Crippen LogP contribution in [-0.4, -0.2) is 36.9 Å². The first kappa shape index (κ1) is 26.0. The molecule has 0 saturated carbocycles. The number of guanidine groups is 1. The van der Waals surface area contributed by atoms with Gasteiger partial charge in [-0.3, -0.25) is 4.84 Å². The van der Waals surface area contributed by atoms with E-state index in [1.807, 2.05) is 0 Å². The van der Waals surface area contributed by atoms with Gasteiger partial charge in [-0.2, -0.15) is 4.31 Å². The van der Waals surface area contributed by atoms with Gasteiger partial charge in [0.15, 0.2) is 5.96 Å². The quantitative estimate of drug-likeness (QED) is 0.352. The topological polar surface area (TPSA) is 140 Å². The van der Waals surface area contributed by atoms with Gasteiger partial charge in [0.05, 0.1) is 4.90 Å². The molecular formula is C26H21F2N5O5S. The third kappa shape index (κ3) is 5.49. The summed E-state index contributed by atoms with van der Waals surface area (Å²) < 4.78 is 56.7. The van der Waals surface area contributed by atoms with Crippen LogP contribution < -0.4 is 15.9 Å². The van der Waals surface area contributed by atoms with E-state index in [4.69, 9.17) is 5.73 Å². The maximum Gasteiger partial charge on any atom is 0.299 e. The van der Waals surface area contributed by atoms with E-state index in [0.717, 1.165) is 0 Å². The van der Waals surface area contributed by atoms with Crippen molar-refractivity contribution in [1.29, 1.82) is 0 Å². The second kappa shape index (κ2) is 10.3. The summed E-state index contributed by atoms with van der Waals surface area (Å²) in [5.41, 5.74) is 8.55. The number of hydrogen-bond acceptors (Lipinski definition) is 8. The number of nitrogens with two attached hydrogens (primary N) is 1. The van der Waals surface area contributed by atoms with Gasteiger partial charge in [-0.15, -0.1) is 10.1 Å². The molecule has 200 valence electrons. The van der Waals surface area contributed by atoms with E-state index in [9.17, 15) is 27.3 Å². The van der Waals surface area contributed by atoms with Crippen molar-refractivity contribution in [3.63, 3.8) is 0 Å². The zero-order valence-corrected chi connectivity index (χ0v) is 20.9. The lowest BCUT2D eigenvalue weighted by atomic mass is 9.90. The highest BCUT2D eigenvalue weighted by molar-refractivity contribution is 7.89. The van der Waals surface area contributed by atoms with Crippen molar-refractivity contribution in [2.24, 2.45) is 10.7 Å². The smallest absolute Gasteiger partial charge is 0.299 e. The first-order chi connectivity index (χ1) is 18.6. The molecule has 1 unspecified atom stereocenters. The number of halogens is 2. The van der Waals surface area contributed by atoms with Gasteiger partial charge in [-0.05, 0) is 76.9 Å². The van der Waals surface area contributed by atoms with Gasteiger partial charge >= 0.3 is 0 Å². The van der Waals surface area contributed by atoms with Crippen LogP contribution in [0, 0.1) is 21.7 Å². The Morgan fingerprint density at radius 3 is 2.41 bits per heavy atom. The minimum Gasteiger partial charge on any atom is -0.370 e. The largest absolute Gasteiger partial charge is 0.370 e. The summed E-state index contributed by atoms with van der Waals surface area (Å²) in [6.07, 6.45) is 1.64. The molecule has 2 aliphatic rings. The molecule has 0 saturated heterocycles. The highest BCUT2D eigenvalue weighted by Gasteiger charge is 2.37. The molecule has 3 aromatic rings. The number of aliphatic imine (C=N–C) groups is 1. The fraction of sp³-hybridized carbons (Fsp3) is 0.115. The maximum atomic E-state index is 14.1. The predicted molar refractivity (Wildman–Crippen MR) is 138 cm³/mol. The molecule has 13 heteroatoms. The molecule has 0 aromatic heterocycles. The average molecular weight is 554 g/mol. The molecule has 0 fully saturated rings. The van der Waals surface area contributed by atoms with Gasteiger partial charge in [0, 0.05) is 18.8 Å². The molecule has 0 amide bonds. The highest BCUT2D eigenvalue weighted by atomic mass is 32.2. The zero-order valence-electron chi connectivity index (χ0n) is 20.1. The molecule has 39 heavy (non-hydrogen) atoms. The Morgan fingerprint density at radius 2 is 1.74 bits per heavy atom. The number of hydrogen-bond donors (Lipinski definition) is 2. The van der Waals surface area contributed by atoms with E-state index in [0.29, 0.717) is 28.0 Å². The van der Waals surface area contributed by atoms with Crippen LogP contribution in [-0.2, 0) is 10.0 Å². The molecule has 0 aliphatic carbocycles. The Morgan fingerprint density at radius 1 is 1.05 bits per heavy atom. The van der Waals surface area contributed by atoms with Gasteiger partial charge in [0.2, 0.25) is 10.0 Å². The molecule has 1 atom stereocenters. The Hall–Kier alpha value is -4.62. The molecule has 0 spiro atoms. The van der Waals surface area contributed by atoms with Crippen molar-refractivity contribution in [3.05, 3.63) is 123 Å². The van der Waals surface area contributed by atoms with Crippen LogP contribution in [0.25, 0.3) is 6.08 Å². The summed E-state index contributed by atoms with van der Waals surface area (Å²) >= 11 is 0. The third-order valence-corrected chi connectivity index (χ3v) is 7.99. The lowest BCUT2D eigenvalue weighted by Gasteiger charge is -2.37. The van der Waals surface area contributed by atoms with E-state index < -0.39 is 32.8 Å². The van der Waals surface area contributed by atoms with Crippen LogP contribution in [0.1, 0.15) is 17.2 Å². The van der Waals surface area contributed by atoms with E-state index in [-0.39, 0.29) is 29.7 Å². The Labute approximate surface area is 221 Å². The SMILES string of the molecule is NC1=NC(c2cccc(F)c2)C2=C(N1)/C(=C/c1cccc(F)c1)CN(S(=O)(=O)c1ccc(O[N+](=O)[O-])cc1)C2. The Kier molecular flexibility index (Phi) is 6.85. The maximum absolute atomic E-state index is 14.1. The van der Waals surface area contributed by atoms with E-state index in [1.165, 1.54) is 65.0 Å². The standard InChI is InChI=1S/C26H21F2N5O5S/c27-19-5-1-3-16(12-19)11-18-14-32(39(36,37)22-9-7-21(8-10-22)38-33(34)35)15-23-24(30-26(29)31-25(18)23)17-4-2-6-20(28)13-17/h1-13,24H,14-15H2,(H3,29,30,31)/b18-11+. The number of sulfonamides is 1. The second-order valence-electron chi connectivity index (χ2n) is 8.78. The second-order valence-corrected chi connectivity index (χ2v) is 10.7. The number of rotatable bonds is 6. The van der Waals surface area contributed by atoms with Gasteiger partial charge in [0.25, 0.3) is 5.09 Å². The van der Waals surface area contributed by atoms with Crippen LogP contribution in [0.5, 0.6) is 5.75 Å². The van der Waals surface area contributed by atoms with Crippen LogP contribution in [0.2, 0.25) is 0 Å². The fourth-order valence-corrected chi connectivity index (χ4v) is 5.90. The van der Waals surface area contributed by atoms with Crippen molar-refractivity contribution in [3.8, 4) is 5.75 Å². The minimum atomic E-state index is -4.14. The first-order valence-electron chi connectivity index (χ1n) is 11.6. The van der Waals surface area contributed by atoms with E-state index in [2.05, 4.69) is 15.1 Å². The summed E-state index contributed by atoms with van der Waals surface area (Å²) in [5.74, 6) is -1.03. The average Bonchev–Trinajstić information content (AvgIpc) is 2.88. The van der Waals surface area contributed by atoms with Crippen molar-refractivity contribution < 1.29 is 27.1 Å². The van der Waals surface area contributed by atoms with Crippen LogP contribution >= 0.6 is 0 Å². The Balaban J connectivity index is 1.60. The molecule has 0 radical (unpaired) electrons. The van der Waals surface area contributed by atoms with Crippen LogP contribution in [0.15, 0.2) is 99.5 Å². The molecule has 10 nitrogen and oxygen atoms in total.